The zero-order valence-electron chi connectivity index (χ0n) is 18.9. The molecule has 0 spiro atoms. The van der Waals surface area contributed by atoms with Crippen LogP contribution < -0.4 is 11.1 Å². The van der Waals surface area contributed by atoms with Crippen LogP contribution in [0.3, 0.4) is 0 Å². The van der Waals surface area contributed by atoms with E-state index in [-0.39, 0.29) is 23.8 Å². The van der Waals surface area contributed by atoms with Crippen LogP contribution in [0.25, 0.3) is 0 Å². The molecule has 4 rings (SSSR count). The summed E-state index contributed by atoms with van der Waals surface area (Å²) in [6.07, 6.45) is 8.32. The van der Waals surface area contributed by atoms with Crippen LogP contribution in [0.1, 0.15) is 63.0 Å². The van der Waals surface area contributed by atoms with Crippen molar-refractivity contribution in [3.05, 3.63) is 35.9 Å². The first-order valence-electron chi connectivity index (χ1n) is 12.2. The Morgan fingerprint density at radius 1 is 0.875 bits per heavy atom. The van der Waals surface area contributed by atoms with E-state index in [9.17, 15) is 14.4 Å². The lowest BCUT2D eigenvalue weighted by Gasteiger charge is -2.44. The SMILES string of the molecule is NC(=O)[C@@H](NC(=O)[C@@H]1CCCCC1N1CCN(C(=O)C2CCCC2)CC1)c1ccccc1. The predicted octanol–water partition coefficient (Wildman–Crippen LogP) is 2.22. The van der Waals surface area contributed by atoms with Gasteiger partial charge in [-0.2, -0.15) is 0 Å². The first-order valence-corrected chi connectivity index (χ1v) is 12.2. The maximum atomic E-state index is 13.3. The summed E-state index contributed by atoms with van der Waals surface area (Å²) in [5, 5.41) is 2.93. The summed E-state index contributed by atoms with van der Waals surface area (Å²) < 4.78 is 0. The molecule has 7 nitrogen and oxygen atoms in total. The van der Waals surface area contributed by atoms with E-state index in [1.54, 1.807) is 0 Å². The van der Waals surface area contributed by atoms with Gasteiger partial charge >= 0.3 is 0 Å². The summed E-state index contributed by atoms with van der Waals surface area (Å²) >= 11 is 0. The van der Waals surface area contributed by atoms with Gasteiger partial charge in [0.25, 0.3) is 0 Å². The predicted molar refractivity (Wildman–Crippen MR) is 122 cm³/mol. The first kappa shape index (κ1) is 22.8. The molecule has 0 radical (unpaired) electrons. The number of benzene rings is 1. The molecule has 2 aliphatic carbocycles. The number of primary amides is 1. The molecule has 1 aromatic rings. The molecule has 0 bridgehead atoms. The number of nitrogens with one attached hydrogen (secondary N) is 1. The van der Waals surface area contributed by atoms with Gasteiger partial charge in [0.1, 0.15) is 6.04 Å². The Kier molecular flexibility index (Phi) is 7.45. The van der Waals surface area contributed by atoms with Crippen molar-refractivity contribution in [1.29, 1.82) is 0 Å². The Bertz CT molecular complexity index is 801. The van der Waals surface area contributed by atoms with E-state index in [0.29, 0.717) is 11.5 Å². The number of nitrogens with zero attached hydrogens (tertiary/aromatic N) is 2. The summed E-state index contributed by atoms with van der Waals surface area (Å²) in [5.41, 5.74) is 6.33. The van der Waals surface area contributed by atoms with Crippen LogP contribution in [0.15, 0.2) is 30.3 Å². The number of amides is 3. The van der Waals surface area contributed by atoms with E-state index in [1.165, 1.54) is 12.8 Å². The second-order valence-corrected chi connectivity index (χ2v) is 9.56. The van der Waals surface area contributed by atoms with Gasteiger partial charge in [0, 0.05) is 38.1 Å². The van der Waals surface area contributed by atoms with Crippen LogP contribution in [0.4, 0.5) is 0 Å². The molecule has 3 fully saturated rings. The van der Waals surface area contributed by atoms with Crippen molar-refractivity contribution in [2.45, 2.75) is 63.5 Å². The second kappa shape index (κ2) is 10.5. The molecule has 1 heterocycles. The Morgan fingerprint density at radius 2 is 1.50 bits per heavy atom. The number of piperazine rings is 1. The third-order valence-electron chi connectivity index (χ3n) is 7.57. The van der Waals surface area contributed by atoms with Crippen molar-refractivity contribution < 1.29 is 14.4 Å². The Hall–Kier alpha value is -2.41. The van der Waals surface area contributed by atoms with Gasteiger partial charge in [-0.15, -0.1) is 0 Å². The van der Waals surface area contributed by atoms with Crippen molar-refractivity contribution in [1.82, 2.24) is 15.1 Å². The lowest BCUT2D eigenvalue weighted by Crippen LogP contribution is -2.57. The van der Waals surface area contributed by atoms with Gasteiger partial charge in [0.15, 0.2) is 0 Å². The minimum Gasteiger partial charge on any atom is -0.368 e. The summed E-state index contributed by atoms with van der Waals surface area (Å²) in [6, 6.07) is 8.52. The Labute approximate surface area is 190 Å². The zero-order chi connectivity index (χ0) is 22.5. The maximum Gasteiger partial charge on any atom is 0.244 e. The molecular weight excluding hydrogens is 404 g/mol. The fraction of sp³-hybridized carbons (Fsp3) is 0.640. The Morgan fingerprint density at radius 3 is 2.16 bits per heavy atom. The highest BCUT2D eigenvalue weighted by Crippen LogP contribution is 2.31. The van der Waals surface area contributed by atoms with Crippen LogP contribution in [-0.4, -0.2) is 59.7 Å². The minimum absolute atomic E-state index is 0.0909. The number of carbonyl (C=O) groups excluding carboxylic acids is 3. The molecule has 1 saturated heterocycles. The van der Waals surface area contributed by atoms with Crippen molar-refractivity contribution in [2.75, 3.05) is 26.2 Å². The average Bonchev–Trinajstić information content (AvgIpc) is 3.37. The molecule has 174 valence electrons. The lowest BCUT2D eigenvalue weighted by molar-refractivity contribution is -0.139. The second-order valence-electron chi connectivity index (χ2n) is 9.56. The first-order chi connectivity index (χ1) is 15.5. The van der Waals surface area contributed by atoms with E-state index >= 15 is 0 Å². The molecule has 0 aromatic heterocycles. The van der Waals surface area contributed by atoms with Crippen molar-refractivity contribution in [2.24, 2.45) is 17.6 Å². The highest BCUT2D eigenvalue weighted by Gasteiger charge is 2.38. The number of rotatable bonds is 6. The molecule has 7 heteroatoms. The third kappa shape index (κ3) is 5.14. The lowest BCUT2D eigenvalue weighted by atomic mass is 9.82. The van der Waals surface area contributed by atoms with Gasteiger partial charge in [0.2, 0.25) is 17.7 Å². The van der Waals surface area contributed by atoms with E-state index < -0.39 is 11.9 Å². The summed E-state index contributed by atoms with van der Waals surface area (Å²) in [7, 11) is 0. The van der Waals surface area contributed by atoms with Crippen LogP contribution in [-0.2, 0) is 14.4 Å². The number of carbonyl (C=O) groups is 3. The fourth-order valence-corrected chi connectivity index (χ4v) is 5.77. The largest absolute Gasteiger partial charge is 0.368 e. The van der Waals surface area contributed by atoms with Gasteiger partial charge in [-0.1, -0.05) is 56.0 Å². The summed E-state index contributed by atoms with van der Waals surface area (Å²) in [5.74, 6) is -0.250. The summed E-state index contributed by atoms with van der Waals surface area (Å²) in [6.45, 7) is 3.11. The van der Waals surface area contributed by atoms with Crippen molar-refractivity contribution in [3.63, 3.8) is 0 Å². The molecule has 3 amide bonds. The molecule has 1 unspecified atom stereocenters. The van der Waals surface area contributed by atoms with E-state index in [4.69, 9.17) is 5.73 Å². The van der Waals surface area contributed by atoms with Crippen LogP contribution in [0.2, 0.25) is 0 Å². The quantitative estimate of drug-likeness (QED) is 0.709. The van der Waals surface area contributed by atoms with Gasteiger partial charge in [-0.3, -0.25) is 19.3 Å². The third-order valence-corrected chi connectivity index (χ3v) is 7.57. The zero-order valence-corrected chi connectivity index (χ0v) is 18.9. The van der Waals surface area contributed by atoms with Crippen molar-refractivity contribution >= 4 is 17.7 Å². The van der Waals surface area contributed by atoms with Gasteiger partial charge < -0.3 is 16.0 Å². The minimum atomic E-state index is -0.813. The number of hydrogen-bond donors (Lipinski definition) is 2. The highest BCUT2D eigenvalue weighted by molar-refractivity contribution is 5.88. The van der Waals surface area contributed by atoms with E-state index in [2.05, 4.69) is 10.2 Å². The molecule has 2 saturated carbocycles. The van der Waals surface area contributed by atoms with Crippen LogP contribution in [0, 0.1) is 11.8 Å². The molecule has 32 heavy (non-hydrogen) atoms. The molecule has 3 atom stereocenters. The number of hydrogen-bond acceptors (Lipinski definition) is 4. The van der Waals surface area contributed by atoms with Crippen LogP contribution >= 0.6 is 0 Å². The molecule has 1 aliphatic heterocycles. The van der Waals surface area contributed by atoms with Gasteiger partial charge in [0.05, 0.1) is 5.92 Å². The average molecular weight is 441 g/mol. The van der Waals surface area contributed by atoms with Crippen LogP contribution in [0.5, 0.6) is 0 Å². The van der Waals surface area contributed by atoms with E-state index in [1.807, 2.05) is 35.2 Å². The Balaban J connectivity index is 1.38. The van der Waals surface area contributed by atoms with Gasteiger partial charge in [-0.05, 0) is 31.2 Å². The molecular formula is C25H36N4O3. The molecule has 3 aliphatic rings. The topological polar surface area (TPSA) is 95.7 Å². The maximum absolute atomic E-state index is 13.3. The number of nitrogens with two attached hydrogens (primary N) is 1. The monoisotopic (exact) mass is 440 g/mol. The molecule has 3 N–H and O–H groups in total. The fourth-order valence-electron chi connectivity index (χ4n) is 5.77. The molecule has 1 aromatic carbocycles. The summed E-state index contributed by atoms with van der Waals surface area (Å²) in [4.78, 5) is 42.5. The standard InChI is InChI=1S/C25H36N4O3/c26-23(30)22(18-8-2-1-3-9-18)27-24(31)20-12-6-7-13-21(20)28-14-16-29(17-15-28)25(32)19-10-4-5-11-19/h1-3,8-9,19-22H,4-7,10-17H2,(H2,26,30)(H,27,31)/t20-,21?,22+/m1/s1. The van der Waals surface area contributed by atoms with Gasteiger partial charge in [-0.25, -0.2) is 0 Å². The van der Waals surface area contributed by atoms with E-state index in [0.717, 1.165) is 64.7 Å². The van der Waals surface area contributed by atoms with Crippen molar-refractivity contribution in [3.8, 4) is 0 Å². The highest BCUT2D eigenvalue weighted by atomic mass is 16.2. The smallest absolute Gasteiger partial charge is 0.244 e. The normalized spacial score (nSPS) is 25.9.